The Morgan fingerprint density at radius 2 is 2.21 bits per heavy atom. The van der Waals surface area contributed by atoms with Crippen molar-refractivity contribution in [2.24, 2.45) is 5.73 Å². The predicted octanol–water partition coefficient (Wildman–Crippen LogP) is 0.289. The van der Waals surface area contributed by atoms with Crippen molar-refractivity contribution in [3.63, 3.8) is 0 Å². The molecule has 0 spiro atoms. The molecule has 0 aliphatic heterocycles. The topological polar surface area (TPSA) is 96.4 Å². The van der Waals surface area contributed by atoms with Gasteiger partial charge in [-0.3, -0.25) is 9.78 Å². The van der Waals surface area contributed by atoms with Gasteiger partial charge in [0.2, 0.25) is 0 Å². The molecular formula is C8H9BrN2O3. The molecule has 0 radical (unpaired) electrons. The minimum Gasteiger partial charge on any atom is -0.480 e. The van der Waals surface area contributed by atoms with Crippen molar-refractivity contribution in [2.45, 2.75) is 12.1 Å². The zero-order chi connectivity index (χ0) is 10.7. The Kier molecular flexibility index (Phi) is 3.56. The van der Waals surface area contributed by atoms with Crippen LogP contribution in [0.3, 0.4) is 0 Å². The fourth-order valence-electron chi connectivity index (χ4n) is 0.932. The van der Waals surface area contributed by atoms with Crippen LogP contribution >= 0.6 is 15.9 Å². The number of carboxylic acids is 1. The third kappa shape index (κ3) is 2.50. The Balaban J connectivity index is 2.89. The third-order valence-corrected chi connectivity index (χ3v) is 2.13. The van der Waals surface area contributed by atoms with Crippen LogP contribution in [-0.4, -0.2) is 27.2 Å². The molecule has 0 aliphatic carbocycles. The number of aliphatic carboxylic acids is 1. The first-order chi connectivity index (χ1) is 6.52. The molecule has 14 heavy (non-hydrogen) atoms. The summed E-state index contributed by atoms with van der Waals surface area (Å²) in [5.74, 6) is -1.25. The molecule has 76 valence electrons. The highest BCUT2D eigenvalue weighted by atomic mass is 79.9. The Morgan fingerprint density at radius 1 is 1.57 bits per heavy atom. The Hall–Kier alpha value is -0.980. The van der Waals surface area contributed by atoms with Crippen LogP contribution in [0.15, 0.2) is 22.9 Å². The first-order valence-corrected chi connectivity index (χ1v) is 4.58. The first kappa shape index (κ1) is 11.1. The minimum absolute atomic E-state index is 0.370. The molecule has 1 heterocycles. The van der Waals surface area contributed by atoms with Crippen LogP contribution in [0, 0.1) is 0 Å². The number of nitrogens with zero attached hydrogens (tertiary/aromatic N) is 1. The minimum atomic E-state index is -1.34. The number of hydrogen-bond donors (Lipinski definition) is 3. The number of aliphatic hydroxyl groups is 1. The second kappa shape index (κ2) is 4.50. The van der Waals surface area contributed by atoms with Crippen molar-refractivity contribution in [3.8, 4) is 0 Å². The molecule has 4 N–H and O–H groups in total. The van der Waals surface area contributed by atoms with E-state index in [9.17, 15) is 9.90 Å². The van der Waals surface area contributed by atoms with Crippen LogP contribution in [0.5, 0.6) is 0 Å². The molecule has 0 saturated heterocycles. The van der Waals surface area contributed by atoms with Crippen molar-refractivity contribution in [1.29, 1.82) is 0 Å². The normalized spacial score (nSPS) is 14.8. The van der Waals surface area contributed by atoms with Crippen molar-refractivity contribution in [3.05, 3.63) is 28.5 Å². The highest BCUT2D eigenvalue weighted by molar-refractivity contribution is 9.10. The highest BCUT2D eigenvalue weighted by Gasteiger charge is 2.23. The molecule has 1 aromatic heterocycles. The lowest BCUT2D eigenvalue weighted by Gasteiger charge is -2.14. The standard InChI is InChI=1S/C8H9BrN2O3/c9-5-1-4(2-11-3-5)7(12)6(10)8(13)14/h1-3,6-7,12H,10H2,(H,13,14). The molecule has 0 aromatic carbocycles. The summed E-state index contributed by atoms with van der Waals surface area (Å²) in [6.07, 6.45) is 1.65. The van der Waals surface area contributed by atoms with Gasteiger partial charge in [-0.2, -0.15) is 0 Å². The van der Waals surface area contributed by atoms with Gasteiger partial charge in [0.05, 0.1) is 0 Å². The lowest BCUT2D eigenvalue weighted by Crippen LogP contribution is -2.36. The molecule has 2 atom stereocenters. The predicted molar refractivity (Wildman–Crippen MR) is 52.5 cm³/mol. The highest BCUT2D eigenvalue weighted by Crippen LogP contribution is 2.18. The van der Waals surface area contributed by atoms with E-state index in [1.165, 1.54) is 12.4 Å². The Labute approximate surface area is 88.7 Å². The van der Waals surface area contributed by atoms with Gasteiger partial charge in [0.15, 0.2) is 0 Å². The second-order valence-corrected chi connectivity index (χ2v) is 3.66. The summed E-state index contributed by atoms with van der Waals surface area (Å²) >= 11 is 3.15. The molecule has 0 amide bonds. The molecule has 0 fully saturated rings. The van der Waals surface area contributed by atoms with E-state index in [1.807, 2.05) is 0 Å². The van der Waals surface area contributed by atoms with E-state index in [0.29, 0.717) is 10.0 Å². The monoisotopic (exact) mass is 260 g/mol. The maximum atomic E-state index is 10.5. The van der Waals surface area contributed by atoms with Gasteiger partial charge < -0.3 is 15.9 Å². The summed E-state index contributed by atoms with van der Waals surface area (Å²) in [6.45, 7) is 0. The van der Waals surface area contributed by atoms with E-state index in [4.69, 9.17) is 10.8 Å². The third-order valence-electron chi connectivity index (χ3n) is 1.69. The smallest absolute Gasteiger partial charge is 0.323 e. The number of halogens is 1. The van der Waals surface area contributed by atoms with Gasteiger partial charge in [-0.1, -0.05) is 0 Å². The Bertz CT molecular complexity index is 345. The van der Waals surface area contributed by atoms with Gasteiger partial charge in [-0.15, -0.1) is 0 Å². The zero-order valence-corrected chi connectivity index (χ0v) is 8.68. The number of nitrogens with two attached hydrogens (primary N) is 1. The van der Waals surface area contributed by atoms with E-state index in [-0.39, 0.29) is 0 Å². The average Bonchev–Trinajstić information content (AvgIpc) is 2.15. The molecule has 6 heteroatoms. The number of carbonyl (C=O) groups is 1. The van der Waals surface area contributed by atoms with Crippen molar-refractivity contribution in [2.75, 3.05) is 0 Å². The maximum Gasteiger partial charge on any atom is 0.323 e. The summed E-state index contributed by atoms with van der Waals surface area (Å²) in [5, 5.41) is 18.1. The van der Waals surface area contributed by atoms with Crippen LogP contribution in [0.25, 0.3) is 0 Å². The summed E-state index contributed by atoms with van der Waals surface area (Å²) < 4.78 is 0.659. The quantitative estimate of drug-likeness (QED) is 0.726. The summed E-state index contributed by atoms with van der Waals surface area (Å²) in [7, 11) is 0. The zero-order valence-electron chi connectivity index (χ0n) is 7.09. The fraction of sp³-hybridized carbons (Fsp3) is 0.250. The lowest BCUT2D eigenvalue weighted by atomic mass is 10.1. The van der Waals surface area contributed by atoms with Gasteiger partial charge >= 0.3 is 5.97 Å². The van der Waals surface area contributed by atoms with Crippen LogP contribution in [0.1, 0.15) is 11.7 Å². The molecular weight excluding hydrogens is 252 g/mol. The molecule has 1 aromatic rings. The van der Waals surface area contributed by atoms with E-state index >= 15 is 0 Å². The number of aromatic nitrogens is 1. The van der Waals surface area contributed by atoms with Gasteiger partial charge in [-0.05, 0) is 22.0 Å². The number of carboxylic acid groups (broad SMARTS) is 1. The van der Waals surface area contributed by atoms with Gasteiger partial charge in [-0.25, -0.2) is 0 Å². The summed E-state index contributed by atoms with van der Waals surface area (Å²) in [4.78, 5) is 14.3. The lowest BCUT2D eigenvalue weighted by molar-refractivity contribution is -0.141. The number of pyridine rings is 1. The second-order valence-electron chi connectivity index (χ2n) is 2.75. The van der Waals surface area contributed by atoms with E-state index in [0.717, 1.165) is 0 Å². The van der Waals surface area contributed by atoms with Gasteiger partial charge in [0.1, 0.15) is 12.1 Å². The summed E-state index contributed by atoms with van der Waals surface area (Å²) in [5.41, 5.74) is 5.62. The van der Waals surface area contributed by atoms with Crippen molar-refractivity contribution >= 4 is 21.9 Å². The molecule has 1 rings (SSSR count). The maximum absolute atomic E-state index is 10.5. The number of hydrogen-bond acceptors (Lipinski definition) is 4. The van der Waals surface area contributed by atoms with Gasteiger partial charge in [0.25, 0.3) is 0 Å². The van der Waals surface area contributed by atoms with Crippen LogP contribution in [0.2, 0.25) is 0 Å². The molecule has 2 unspecified atom stereocenters. The van der Waals surface area contributed by atoms with Crippen LogP contribution in [-0.2, 0) is 4.79 Å². The molecule has 0 aliphatic rings. The number of rotatable bonds is 3. The van der Waals surface area contributed by atoms with Crippen LogP contribution in [0.4, 0.5) is 0 Å². The number of aliphatic hydroxyl groups excluding tert-OH is 1. The van der Waals surface area contributed by atoms with E-state index < -0.39 is 18.1 Å². The molecule has 0 bridgehead atoms. The summed E-state index contributed by atoms with van der Waals surface area (Å²) in [6, 6.07) is 0.228. The Morgan fingerprint density at radius 3 is 2.71 bits per heavy atom. The van der Waals surface area contributed by atoms with E-state index in [2.05, 4.69) is 20.9 Å². The van der Waals surface area contributed by atoms with Crippen molar-refractivity contribution in [1.82, 2.24) is 4.98 Å². The fourth-order valence-corrected chi connectivity index (χ4v) is 1.31. The van der Waals surface area contributed by atoms with Gasteiger partial charge in [0, 0.05) is 22.4 Å². The molecule has 0 saturated carbocycles. The molecule has 5 nitrogen and oxygen atoms in total. The SMILES string of the molecule is NC(C(=O)O)C(O)c1cncc(Br)c1. The van der Waals surface area contributed by atoms with Crippen molar-refractivity contribution < 1.29 is 15.0 Å². The average molecular weight is 261 g/mol. The van der Waals surface area contributed by atoms with E-state index in [1.54, 1.807) is 6.07 Å². The largest absolute Gasteiger partial charge is 0.480 e. The van der Waals surface area contributed by atoms with Crippen LogP contribution < -0.4 is 5.73 Å². The first-order valence-electron chi connectivity index (χ1n) is 3.79.